The number of nitrogens with zero attached hydrogens (tertiary/aromatic N) is 4. The van der Waals surface area contributed by atoms with E-state index < -0.39 is 35.8 Å². The van der Waals surface area contributed by atoms with E-state index in [4.69, 9.17) is 4.98 Å². The predicted molar refractivity (Wildman–Crippen MR) is 176 cm³/mol. The topological polar surface area (TPSA) is 129 Å². The number of aromatic hydroxyl groups is 1. The molecule has 3 aromatic heterocycles. The van der Waals surface area contributed by atoms with Gasteiger partial charge in [-0.1, -0.05) is 56.4 Å². The van der Waals surface area contributed by atoms with Gasteiger partial charge in [0.05, 0.1) is 12.0 Å². The van der Waals surface area contributed by atoms with Crippen LogP contribution in [-0.4, -0.2) is 67.7 Å². The van der Waals surface area contributed by atoms with Crippen molar-refractivity contribution < 1.29 is 28.6 Å². The number of carbonyl (C=O) groups excluding carboxylic acids is 1. The van der Waals surface area contributed by atoms with Gasteiger partial charge in [0.25, 0.3) is 5.91 Å². The van der Waals surface area contributed by atoms with Crippen LogP contribution in [0.4, 0.5) is 8.78 Å². The van der Waals surface area contributed by atoms with Gasteiger partial charge in [-0.2, -0.15) is 0 Å². The molecule has 4 aromatic rings. The first-order valence-corrected chi connectivity index (χ1v) is 16.8. The zero-order chi connectivity index (χ0) is 33.5. The van der Waals surface area contributed by atoms with Gasteiger partial charge < -0.3 is 20.4 Å². The standard InChI is InChI=1S/C35H39F2N5O4S/c1-35(2,3)23-8-9-27-21(14-23)16-29-32(40-27)47-33(41-29)31(44)39-28(11-13-42-12-10-24(34(45)46)26(37)18-42)20-6-4-19(5-7-20)22-15-25(36)30(43)38-17-22/h4-7,15-17,23-24,26,28H,8-14,18H2,1-3H3,(H,38,43)(H,39,44)(H,45,46)/t23-,24+,26-,28?/m0/s1. The Morgan fingerprint density at radius 1 is 1.13 bits per heavy atom. The summed E-state index contributed by atoms with van der Waals surface area (Å²) in [4.78, 5) is 40.9. The molecule has 248 valence electrons. The molecular formula is C35H39F2N5O4S. The lowest BCUT2D eigenvalue weighted by Crippen LogP contribution is -2.45. The van der Waals surface area contributed by atoms with Gasteiger partial charge in [-0.25, -0.2) is 23.7 Å². The number of carbonyl (C=O) groups is 2. The molecule has 0 spiro atoms. The highest BCUT2D eigenvalue weighted by molar-refractivity contribution is 7.19. The molecule has 2 aliphatic rings. The molecule has 1 aliphatic heterocycles. The summed E-state index contributed by atoms with van der Waals surface area (Å²) in [5.74, 6) is -3.41. The van der Waals surface area contributed by atoms with Crippen LogP contribution in [0.1, 0.15) is 72.7 Å². The Bertz CT molecular complexity index is 1790. The van der Waals surface area contributed by atoms with Crippen molar-refractivity contribution in [3.05, 3.63) is 70.2 Å². The van der Waals surface area contributed by atoms with Crippen LogP contribution in [0.15, 0.2) is 42.6 Å². The van der Waals surface area contributed by atoms with Crippen LogP contribution < -0.4 is 5.32 Å². The Labute approximate surface area is 276 Å². The molecule has 4 atom stereocenters. The lowest BCUT2D eigenvalue weighted by atomic mass is 9.71. The van der Waals surface area contributed by atoms with Crippen LogP contribution in [0.2, 0.25) is 0 Å². The number of halogens is 2. The van der Waals surface area contributed by atoms with E-state index in [2.05, 4.69) is 42.1 Å². The monoisotopic (exact) mass is 663 g/mol. The normalized spacial score (nSPS) is 20.9. The Morgan fingerprint density at radius 3 is 2.57 bits per heavy atom. The largest absolute Gasteiger partial charge is 0.491 e. The first kappa shape index (κ1) is 32.9. The minimum Gasteiger partial charge on any atom is -0.491 e. The van der Waals surface area contributed by atoms with E-state index in [1.165, 1.54) is 29.2 Å². The number of rotatable bonds is 8. The second kappa shape index (κ2) is 13.2. The molecule has 6 rings (SSSR count). The number of aryl methyl sites for hydroxylation is 1. The molecule has 4 heterocycles. The average molecular weight is 664 g/mol. The molecule has 3 N–H and O–H groups in total. The van der Waals surface area contributed by atoms with Gasteiger partial charge in [0.15, 0.2) is 10.8 Å². The van der Waals surface area contributed by atoms with E-state index in [1.807, 2.05) is 17.0 Å². The molecule has 9 nitrogen and oxygen atoms in total. The highest BCUT2D eigenvalue weighted by Gasteiger charge is 2.34. The lowest BCUT2D eigenvalue weighted by Gasteiger charge is -2.34. The number of likely N-dealkylation sites (tertiary alicyclic amines) is 1. The number of thiazole rings is 1. The number of nitrogens with one attached hydrogen (secondary N) is 1. The fraction of sp³-hybridized carbons (Fsp3) is 0.457. The van der Waals surface area contributed by atoms with Crippen LogP contribution in [-0.2, 0) is 17.6 Å². The molecule has 0 radical (unpaired) electrons. The number of fused-ring (bicyclic) bond motifs is 2. The van der Waals surface area contributed by atoms with E-state index in [9.17, 15) is 28.6 Å². The van der Waals surface area contributed by atoms with Gasteiger partial charge in [-0.3, -0.25) is 9.59 Å². The van der Waals surface area contributed by atoms with Gasteiger partial charge in [0.1, 0.15) is 16.5 Å². The summed E-state index contributed by atoms with van der Waals surface area (Å²) in [6.07, 6.45) is 3.50. The predicted octanol–water partition coefficient (Wildman–Crippen LogP) is 6.35. The highest BCUT2D eigenvalue weighted by Crippen LogP contribution is 2.38. The number of benzene rings is 1. The van der Waals surface area contributed by atoms with Gasteiger partial charge in [-0.15, -0.1) is 0 Å². The number of pyridine rings is 2. The van der Waals surface area contributed by atoms with Gasteiger partial charge >= 0.3 is 5.97 Å². The Hall–Kier alpha value is -4.03. The molecule has 1 aromatic carbocycles. The van der Waals surface area contributed by atoms with E-state index in [0.717, 1.165) is 35.4 Å². The maximum absolute atomic E-state index is 14.6. The fourth-order valence-corrected chi connectivity index (χ4v) is 7.49. The van der Waals surface area contributed by atoms with Gasteiger partial charge in [0.2, 0.25) is 5.88 Å². The van der Waals surface area contributed by atoms with E-state index in [1.54, 1.807) is 12.1 Å². The number of hydrogen-bond acceptors (Lipinski definition) is 8. The minimum absolute atomic E-state index is 0.0142. The van der Waals surface area contributed by atoms with Crippen LogP contribution in [0, 0.1) is 23.1 Å². The smallest absolute Gasteiger partial charge is 0.309 e. The summed E-state index contributed by atoms with van der Waals surface area (Å²) >= 11 is 1.26. The quantitative estimate of drug-likeness (QED) is 0.199. The molecule has 12 heteroatoms. The number of alkyl halides is 1. The van der Waals surface area contributed by atoms with E-state index in [0.29, 0.717) is 47.1 Å². The van der Waals surface area contributed by atoms with E-state index >= 15 is 0 Å². The number of aromatic nitrogens is 3. The van der Waals surface area contributed by atoms with Crippen molar-refractivity contribution in [1.82, 2.24) is 25.2 Å². The molecule has 1 unspecified atom stereocenters. The Morgan fingerprint density at radius 2 is 1.89 bits per heavy atom. The fourth-order valence-electron chi connectivity index (χ4n) is 6.65. The van der Waals surface area contributed by atoms with Crippen molar-refractivity contribution in [1.29, 1.82) is 0 Å². The zero-order valence-corrected chi connectivity index (χ0v) is 27.5. The highest BCUT2D eigenvalue weighted by atomic mass is 32.1. The molecule has 0 saturated carbocycles. The van der Waals surface area contributed by atoms with Crippen molar-refractivity contribution in [2.24, 2.45) is 17.3 Å². The maximum Gasteiger partial charge on any atom is 0.309 e. The Balaban J connectivity index is 1.22. The second-order valence-corrected chi connectivity index (χ2v) is 14.7. The summed E-state index contributed by atoms with van der Waals surface area (Å²) in [7, 11) is 0. The number of hydrogen-bond donors (Lipinski definition) is 3. The summed E-state index contributed by atoms with van der Waals surface area (Å²) in [5.41, 5.74) is 5.13. The third-order valence-electron chi connectivity index (χ3n) is 9.62. The third-order valence-corrected chi connectivity index (χ3v) is 10.6. The van der Waals surface area contributed by atoms with Crippen molar-refractivity contribution in [3.8, 4) is 17.0 Å². The van der Waals surface area contributed by atoms with Crippen molar-refractivity contribution in [2.45, 2.75) is 65.1 Å². The average Bonchev–Trinajstić information content (AvgIpc) is 3.45. The number of carboxylic acids is 1. The summed E-state index contributed by atoms with van der Waals surface area (Å²) in [5, 5.41) is 22.2. The number of amides is 1. The Kier molecular flexibility index (Phi) is 9.26. The lowest BCUT2D eigenvalue weighted by molar-refractivity contribution is -0.146. The molecule has 1 aliphatic carbocycles. The molecule has 1 fully saturated rings. The minimum atomic E-state index is -1.47. The number of piperidine rings is 1. The van der Waals surface area contributed by atoms with Crippen LogP contribution in [0.5, 0.6) is 5.88 Å². The van der Waals surface area contributed by atoms with Crippen molar-refractivity contribution in [2.75, 3.05) is 19.6 Å². The summed E-state index contributed by atoms with van der Waals surface area (Å²) < 4.78 is 28.6. The van der Waals surface area contributed by atoms with Gasteiger partial charge in [0, 0.05) is 30.5 Å². The first-order chi connectivity index (χ1) is 22.4. The van der Waals surface area contributed by atoms with Crippen LogP contribution >= 0.6 is 11.3 Å². The van der Waals surface area contributed by atoms with Crippen molar-refractivity contribution in [3.63, 3.8) is 0 Å². The van der Waals surface area contributed by atoms with E-state index in [-0.39, 0.29) is 24.3 Å². The SMILES string of the molecule is CC(C)(C)[C@H]1CCc2nc3sc(C(=O)NC(CCN4CC[C@@H](C(=O)O)[C@@H](F)C4)c4ccc(-c5cnc(O)c(F)c5)cc4)nc3cc2C1. The molecular weight excluding hydrogens is 624 g/mol. The zero-order valence-electron chi connectivity index (χ0n) is 26.7. The molecule has 0 bridgehead atoms. The molecule has 1 saturated heterocycles. The van der Waals surface area contributed by atoms with Gasteiger partial charge in [-0.05, 0) is 78.8 Å². The summed E-state index contributed by atoms with van der Waals surface area (Å²) in [6, 6.07) is 10.0. The maximum atomic E-state index is 14.6. The first-order valence-electron chi connectivity index (χ1n) is 16.0. The molecule has 47 heavy (non-hydrogen) atoms. The summed E-state index contributed by atoms with van der Waals surface area (Å²) in [6.45, 7) is 7.70. The number of aliphatic carboxylic acids is 1. The molecule has 1 amide bonds. The van der Waals surface area contributed by atoms with Crippen LogP contribution in [0.3, 0.4) is 0 Å². The number of carboxylic acid groups (broad SMARTS) is 1. The third kappa shape index (κ3) is 7.28. The second-order valence-electron chi connectivity index (χ2n) is 13.8. The van der Waals surface area contributed by atoms with Crippen LogP contribution in [0.25, 0.3) is 21.5 Å². The van der Waals surface area contributed by atoms with Crippen molar-refractivity contribution >= 4 is 33.6 Å².